The standard InChI is InChI=1S/C19H24N2/c1-13-11-14(2)18(16(4)15(13)3)21-12-17-9-7-8-10-20(17)19(21,5)6/h7-12H,1-6H3/q+2. The van der Waals surface area contributed by atoms with Crippen LogP contribution in [0.3, 0.4) is 0 Å². The molecule has 2 heteroatoms. The molecule has 0 spiro atoms. The summed E-state index contributed by atoms with van der Waals surface area (Å²) < 4.78 is 4.75. The van der Waals surface area contributed by atoms with E-state index in [4.69, 9.17) is 0 Å². The molecule has 1 aliphatic heterocycles. The largest absolute Gasteiger partial charge is 0.356 e. The highest BCUT2D eigenvalue weighted by molar-refractivity contribution is 5.73. The maximum Gasteiger partial charge on any atom is 0.356 e. The maximum atomic E-state index is 2.42. The Hall–Kier alpha value is -1.96. The first kappa shape index (κ1) is 14.0. The van der Waals surface area contributed by atoms with Gasteiger partial charge in [-0.15, -0.1) is 9.14 Å². The summed E-state index contributed by atoms with van der Waals surface area (Å²) in [6.45, 7) is 13.4. The van der Waals surface area contributed by atoms with Crippen LogP contribution in [0.2, 0.25) is 0 Å². The van der Waals surface area contributed by atoms with Gasteiger partial charge >= 0.3 is 5.66 Å². The number of aromatic nitrogens is 1. The molecule has 0 N–H and O–H groups in total. The van der Waals surface area contributed by atoms with E-state index in [-0.39, 0.29) is 5.66 Å². The highest BCUT2D eigenvalue weighted by Gasteiger charge is 2.49. The number of fused-ring (bicyclic) bond motifs is 1. The monoisotopic (exact) mass is 280 g/mol. The zero-order chi connectivity index (χ0) is 15.4. The van der Waals surface area contributed by atoms with Crippen LogP contribution in [-0.2, 0) is 5.66 Å². The van der Waals surface area contributed by atoms with Crippen molar-refractivity contribution in [3.63, 3.8) is 0 Å². The molecular weight excluding hydrogens is 256 g/mol. The second-order valence-corrected chi connectivity index (χ2v) is 6.60. The van der Waals surface area contributed by atoms with Gasteiger partial charge in [-0.25, -0.2) is 0 Å². The first-order valence-corrected chi connectivity index (χ1v) is 7.57. The van der Waals surface area contributed by atoms with Crippen molar-refractivity contribution in [2.75, 3.05) is 0 Å². The van der Waals surface area contributed by atoms with Gasteiger partial charge in [0.1, 0.15) is 0 Å². The topological polar surface area (TPSA) is 6.89 Å². The highest BCUT2D eigenvalue weighted by atomic mass is 15.3. The summed E-state index contributed by atoms with van der Waals surface area (Å²) in [5, 5.41) is 0. The zero-order valence-electron chi connectivity index (χ0n) is 13.9. The third kappa shape index (κ3) is 1.93. The van der Waals surface area contributed by atoms with Crippen LogP contribution in [0, 0.1) is 27.7 Å². The lowest BCUT2D eigenvalue weighted by Gasteiger charge is -2.17. The molecule has 0 bridgehead atoms. The highest BCUT2D eigenvalue weighted by Crippen LogP contribution is 2.34. The molecule has 0 radical (unpaired) electrons. The molecule has 0 aliphatic carbocycles. The number of rotatable bonds is 1. The van der Waals surface area contributed by atoms with Crippen LogP contribution in [-0.4, -0.2) is 10.8 Å². The Bertz CT molecular complexity index is 767. The molecule has 1 aromatic heterocycles. The maximum absolute atomic E-state index is 2.42. The Morgan fingerprint density at radius 3 is 2.29 bits per heavy atom. The second-order valence-electron chi connectivity index (χ2n) is 6.60. The van der Waals surface area contributed by atoms with Crippen LogP contribution in [0.15, 0.2) is 30.5 Å². The first-order chi connectivity index (χ1) is 9.84. The minimum atomic E-state index is -0.0895. The average Bonchev–Trinajstić information content (AvgIpc) is 2.69. The smallest absolute Gasteiger partial charge is 0.130 e. The zero-order valence-corrected chi connectivity index (χ0v) is 13.9. The molecular formula is C19H24N2+2. The molecule has 0 unspecified atom stereocenters. The summed E-state index contributed by atoms with van der Waals surface area (Å²) in [4.78, 5) is 0. The molecule has 1 aliphatic rings. The molecule has 0 amide bonds. The van der Waals surface area contributed by atoms with Gasteiger partial charge in [-0.1, -0.05) is 0 Å². The summed E-state index contributed by atoms with van der Waals surface area (Å²) in [5.74, 6) is 0. The van der Waals surface area contributed by atoms with Crippen LogP contribution in [0.1, 0.15) is 41.8 Å². The van der Waals surface area contributed by atoms with E-state index in [2.05, 4.69) is 87.4 Å². The fourth-order valence-corrected chi connectivity index (χ4v) is 3.45. The summed E-state index contributed by atoms with van der Waals surface area (Å²) >= 11 is 0. The van der Waals surface area contributed by atoms with Gasteiger partial charge in [0.15, 0.2) is 6.20 Å². The van der Waals surface area contributed by atoms with Gasteiger partial charge in [0.05, 0.1) is 13.8 Å². The van der Waals surface area contributed by atoms with Gasteiger partial charge < -0.3 is 0 Å². The molecule has 108 valence electrons. The van der Waals surface area contributed by atoms with E-state index in [9.17, 15) is 0 Å². The predicted molar refractivity (Wildman–Crippen MR) is 86.4 cm³/mol. The second kappa shape index (κ2) is 4.52. The first-order valence-electron chi connectivity index (χ1n) is 7.57. The van der Waals surface area contributed by atoms with Crippen LogP contribution < -0.4 is 4.57 Å². The third-order valence-corrected chi connectivity index (χ3v) is 4.89. The van der Waals surface area contributed by atoms with Gasteiger partial charge in [0, 0.05) is 23.3 Å². The van der Waals surface area contributed by atoms with Crippen molar-refractivity contribution in [3.8, 4) is 0 Å². The van der Waals surface area contributed by atoms with Crippen molar-refractivity contribution in [3.05, 3.63) is 58.4 Å². The molecule has 3 rings (SSSR count). The van der Waals surface area contributed by atoms with E-state index in [1.54, 1.807) is 0 Å². The number of pyridine rings is 1. The lowest BCUT2D eigenvalue weighted by molar-refractivity contribution is -0.887. The molecule has 0 atom stereocenters. The van der Waals surface area contributed by atoms with E-state index in [0.717, 1.165) is 0 Å². The molecule has 0 saturated heterocycles. The molecule has 0 saturated carbocycles. The number of aryl methyl sites for hydroxylation is 2. The van der Waals surface area contributed by atoms with E-state index in [1.807, 2.05) is 0 Å². The third-order valence-electron chi connectivity index (χ3n) is 4.89. The van der Waals surface area contributed by atoms with Crippen molar-refractivity contribution >= 4 is 11.9 Å². The number of hydrogen-bond donors (Lipinski definition) is 0. The summed E-state index contributed by atoms with van der Waals surface area (Å²) in [6.07, 6.45) is 4.43. The summed E-state index contributed by atoms with van der Waals surface area (Å²) in [5.41, 5.74) is 7.98. The van der Waals surface area contributed by atoms with Gasteiger partial charge in [0.2, 0.25) is 11.9 Å². The Kier molecular flexibility index (Phi) is 3.01. The Morgan fingerprint density at radius 1 is 0.905 bits per heavy atom. The van der Waals surface area contributed by atoms with Crippen LogP contribution in [0.5, 0.6) is 0 Å². The van der Waals surface area contributed by atoms with Crippen LogP contribution in [0.4, 0.5) is 5.69 Å². The lowest BCUT2D eigenvalue weighted by atomic mass is 9.97. The summed E-state index contributed by atoms with van der Waals surface area (Å²) in [7, 11) is 0. The number of hydrogen-bond acceptors (Lipinski definition) is 0. The molecule has 21 heavy (non-hydrogen) atoms. The fourth-order valence-electron chi connectivity index (χ4n) is 3.45. The van der Waals surface area contributed by atoms with Crippen LogP contribution in [0.25, 0.3) is 0 Å². The Balaban J connectivity index is 2.27. The minimum absolute atomic E-state index is 0.0895. The van der Waals surface area contributed by atoms with E-state index in [0.29, 0.717) is 0 Å². The number of nitrogens with zero attached hydrogens (tertiary/aromatic N) is 2. The molecule has 1 aromatic carbocycles. The van der Waals surface area contributed by atoms with Crippen LogP contribution >= 0.6 is 0 Å². The van der Waals surface area contributed by atoms with Gasteiger partial charge in [-0.05, 0) is 51.0 Å². The quantitative estimate of drug-likeness (QED) is 0.704. The average molecular weight is 280 g/mol. The molecule has 2 heterocycles. The Morgan fingerprint density at radius 2 is 1.62 bits per heavy atom. The van der Waals surface area contributed by atoms with E-state index in [1.165, 1.54) is 33.6 Å². The van der Waals surface area contributed by atoms with Gasteiger partial charge in [-0.2, -0.15) is 0 Å². The van der Waals surface area contributed by atoms with Crippen molar-refractivity contribution in [2.24, 2.45) is 0 Å². The number of benzene rings is 1. The van der Waals surface area contributed by atoms with Gasteiger partial charge in [-0.3, -0.25) is 0 Å². The van der Waals surface area contributed by atoms with Gasteiger partial charge in [0.25, 0.3) is 5.69 Å². The summed E-state index contributed by atoms with van der Waals surface area (Å²) in [6, 6.07) is 8.67. The van der Waals surface area contributed by atoms with Crippen molar-refractivity contribution in [1.82, 2.24) is 0 Å². The van der Waals surface area contributed by atoms with Crippen molar-refractivity contribution in [1.29, 1.82) is 0 Å². The minimum Gasteiger partial charge on any atom is -0.130 e. The lowest BCUT2D eigenvalue weighted by Crippen LogP contribution is -2.55. The Labute approximate surface area is 127 Å². The molecule has 0 fully saturated rings. The predicted octanol–water partition coefficient (Wildman–Crippen LogP) is 3.68. The van der Waals surface area contributed by atoms with Crippen molar-refractivity contribution in [2.45, 2.75) is 47.2 Å². The fraction of sp³-hybridized carbons (Fsp3) is 0.368. The van der Waals surface area contributed by atoms with Crippen molar-refractivity contribution < 1.29 is 9.14 Å². The molecule has 2 nitrogen and oxygen atoms in total. The van der Waals surface area contributed by atoms with E-state index >= 15 is 0 Å². The normalized spacial score (nSPS) is 15.8. The SMILES string of the molecule is Cc1cc(C)c([N+]2=Cc3cccc[n+]3C2(C)C)c(C)c1C. The van der Waals surface area contributed by atoms with E-state index < -0.39 is 0 Å². The molecule has 2 aromatic rings.